The minimum atomic E-state index is 0.204. The molecule has 5 unspecified atom stereocenters. The van der Waals surface area contributed by atoms with Crippen molar-refractivity contribution in [1.82, 2.24) is 4.90 Å². The molecule has 4 heteroatoms. The van der Waals surface area contributed by atoms with E-state index in [1.54, 1.807) is 14.2 Å². The quantitative estimate of drug-likeness (QED) is 0.780. The van der Waals surface area contributed by atoms with Crippen LogP contribution in [0.15, 0.2) is 12.1 Å². The number of ether oxygens (including phenoxy) is 3. The molecule has 1 saturated carbocycles. The first-order chi connectivity index (χ1) is 10.3. The molecule has 112 valence electrons. The highest BCUT2D eigenvalue weighted by Crippen LogP contribution is 2.60. The maximum absolute atomic E-state index is 6.06. The zero-order valence-corrected chi connectivity index (χ0v) is 12.6. The molecule has 3 fully saturated rings. The van der Waals surface area contributed by atoms with Gasteiger partial charge < -0.3 is 14.2 Å². The standard InChI is InChI=1S/C17H21NO3/c1-19-13-7-10-9-18-6-5-17(11(10)8-14(13)20-2)15(18)4-3-12-16(17)21-12/h7-8,12,15-16H,3-6,9H2,1-2H3. The Hall–Kier alpha value is -1.26. The lowest BCUT2D eigenvalue weighted by Gasteiger charge is -2.45. The van der Waals surface area contributed by atoms with Crippen molar-refractivity contribution in [2.75, 3.05) is 20.8 Å². The molecule has 2 bridgehead atoms. The first-order valence-corrected chi connectivity index (χ1v) is 7.93. The summed E-state index contributed by atoms with van der Waals surface area (Å²) in [5.74, 6) is 1.70. The first kappa shape index (κ1) is 12.3. The molecule has 0 spiro atoms. The van der Waals surface area contributed by atoms with Crippen molar-refractivity contribution in [3.63, 3.8) is 0 Å². The summed E-state index contributed by atoms with van der Waals surface area (Å²) in [6, 6.07) is 5.07. The summed E-state index contributed by atoms with van der Waals surface area (Å²) in [6.07, 6.45) is 4.66. The van der Waals surface area contributed by atoms with Crippen LogP contribution in [-0.2, 0) is 16.7 Å². The first-order valence-electron chi connectivity index (χ1n) is 7.93. The maximum Gasteiger partial charge on any atom is 0.161 e. The Labute approximate surface area is 125 Å². The van der Waals surface area contributed by atoms with Crippen LogP contribution in [0.4, 0.5) is 0 Å². The lowest BCUT2D eigenvalue weighted by molar-refractivity contribution is 0.138. The highest BCUT2D eigenvalue weighted by Gasteiger charge is 2.67. The molecule has 4 aliphatic rings. The SMILES string of the molecule is COc1cc2c(cc1OC)C13CCN(C2)C1CCC1OC13. The smallest absolute Gasteiger partial charge is 0.161 e. The second-order valence-corrected chi connectivity index (χ2v) is 6.81. The second kappa shape index (κ2) is 3.93. The minimum absolute atomic E-state index is 0.204. The van der Waals surface area contributed by atoms with E-state index in [0.717, 1.165) is 18.0 Å². The normalized spacial score (nSPS) is 41.8. The summed E-state index contributed by atoms with van der Waals surface area (Å²) in [5.41, 5.74) is 3.07. The van der Waals surface area contributed by atoms with Crippen LogP contribution in [0.5, 0.6) is 11.5 Å². The molecule has 2 saturated heterocycles. The Kier molecular flexibility index (Phi) is 2.30. The topological polar surface area (TPSA) is 34.2 Å². The van der Waals surface area contributed by atoms with Crippen LogP contribution in [0.3, 0.4) is 0 Å². The second-order valence-electron chi connectivity index (χ2n) is 6.81. The van der Waals surface area contributed by atoms with E-state index in [0.29, 0.717) is 18.2 Å². The highest BCUT2D eigenvalue weighted by atomic mass is 16.6. The highest BCUT2D eigenvalue weighted by molar-refractivity contribution is 5.54. The number of methoxy groups -OCH3 is 2. The van der Waals surface area contributed by atoms with E-state index in [1.807, 2.05) is 0 Å². The van der Waals surface area contributed by atoms with Crippen molar-refractivity contribution in [2.24, 2.45) is 0 Å². The van der Waals surface area contributed by atoms with Crippen molar-refractivity contribution < 1.29 is 14.2 Å². The number of fused-ring (bicyclic) bond motifs is 2. The van der Waals surface area contributed by atoms with Gasteiger partial charge in [0.2, 0.25) is 0 Å². The van der Waals surface area contributed by atoms with E-state index < -0.39 is 0 Å². The van der Waals surface area contributed by atoms with E-state index in [2.05, 4.69) is 17.0 Å². The molecule has 21 heavy (non-hydrogen) atoms. The number of epoxide rings is 1. The Morgan fingerprint density at radius 3 is 2.81 bits per heavy atom. The van der Waals surface area contributed by atoms with Crippen molar-refractivity contribution in [1.29, 1.82) is 0 Å². The van der Waals surface area contributed by atoms with Crippen molar-refractivity contribution in [2.45, 2.75) is 49.5 Å². The summed E-state index contributed by atoms with van der Waals surface area (Å²) < 4.78 is 17.1. The van der Waals surface area contributed by atoms with E-state index in [4.69, 9.17) is 14.2 Å². The number of hydrogen-bond donors (Lipinski definition) is 0. The summed E-state index contributed by atoms with van der Waals surface area (Å²) in [4.78, 5) is 2.66. The van der Waals surface area contributed by atoms with Gasteiger partial charge in [-0.1, -0.05) is 0 Å². The monoisotopic (exact) mass is 287 g/mol. The van der Waals surface area contributed by atoms with E-state index >= 15 is 0 Å². The number of benzene rings is 1. The van der Waals surface area contributed by atoms with Gasteiger partial charge in [-0.2, -0.15) is 0 Å². The largest absolute Gasteiger partial charge is 0.493 e. The van der Waals surface area contributed by atoms with Crippen LogP contribution in [0, 0.1) is 0 Å². The Bertz CT molecular complexity index is 616. The third-order valence-corrected chi connectivity index (χ3v) is 6.15. The Morgan fingerprint density at radius 2 is 2.00 bits per heavy atom. The zero-order chi connectivity index (χ0) is 14.2. The van der Waals surface area contributed by atoms with Gasteiger partial charge in [-0.15, -0.1) is 0 Å². The Balaban J connectivity index is 1.72. The summed E-state index contributed by atoms with van der Waals surface area (Å²) in [5, 5.41) is 0. The van der Waals surface area contributed by atoms with Crippen LogP contribution < -0.4 is 9.47 Å². The zero-order valence-electron chi connectivity index (χ0n) is 12.6. The molecule has 0 aromatic heterocycles. The summed E-state index contributed by atoms with van der Waals surface area (Å²) in [7, 11) is 3.43. The van der Waals surface area contributed by atoms with Gasteiger partial charge >= 0.3 is 0 Å². The number of rotatable bonds is 2. The van der Waals surface area contributed by atoms with Crippen molar-refractivity contribution >= 4 is 0 Å². The number of nitrogens with zero attached hydrogens (tertiary/aromatic N) is 1. The molecule has 5 rings (SSSR count). The average molecular weight is 287 g/mol. The summed E-state index contributed by atoms with van der Waals surface area (Å²) >= 11 is 0. The van der Waals surface area contributed by atoms with Gasteiger partial charge in [0.1, 0.15) is 0 Å². The van der Waals surface area contributed by atoms with E-state index in [-0.39, 0.29) is 5.41 Å². The van der Waals surface area contributed by atoms with Gasteiger partial charge in [0.05, 0.1) is 26.4 Å². The fourth-order valence-electron chi connectivity index (χ4n) is 5.25. The molecule has 0 N–H and O–H groups in total. The van der Waals surface area contributed by atoms with Crippen LogP contribution in [-0.4, -0.2) is 43.9 Å². The van der Waals surface area contributed by atoms with Gasteiger partial charge in [0, 0.05) is 18.0 Å². The molecule has 4 nitrogen and oxygen atoms in total. The van der Waals surface area contributed by atoms with Crippen LogP contribution in [0.1, 0.15) is 30.4 Å². The van der Waals surface area contributed by atoms with Gasteiger partial charge in [-0.3, -0.25) is 4.90 Å². The van der Waals surface area contributed by atoms with E-state index in [9.17, 15) is 0 Å². The number of hydrogen-bond acceptors (Lipinski definition) is 4. The van der Waals surface area contributed by atoms with Crippen LogP contribution >= 0.6 is 0 Å². The van der Waals surface area contributed by atoms with Gasteiger partial charge in [0.25, 0.3) is 0 Å². The minimum Gasteiger partial charge on any atom is -0.493 e. The van der Waals surface area contributed by atoms with E-state index in [1.165, 1.54) is 36.9 Å². The molecule has 0 radical (unpaired) electrons. The third-order valence-electron chi connectivity index (χ3n) is 6.15. The van der Waals surface area contributed by atoms with Gasteiger partial charge in [0.15, 0.2) is 11.5 Å². The fraction of sp³-hybridized carbons (Fsp3) is 0.647. The molecular weight excluding hydrogens is 266 g/mol. The molecular formula is C17H21NO3. The molecule has 3 heterocycles. The average Bonchev–Trinajstić information content (AvgIpc) is 3.26. The fourth-order valence-corrected chi connectivity index (χ4v) is 5.25. The predicted molar refractivity (Wildman–Crippen MR) is 77.9 cm³/mol. The molecule has 0 amide bonds. The van der Waals surface area contributed by atoms with Crippen molar-refractivity contribution in [3.05, 3.63) is 23.3 Å². The summed E-state index contributed by atoms with van der Waals surface area (Å²) in [6.45, 7) is 2.23. The van der Waals surface area contributed by atoms with Gasteiger partial charge in [-0.25, -0.2) is 0 Å². The maximum atomic E-state index is 6.06. The predicted octanol–water partition coefficient (Wildman–Crippen LogP) is 2.09. The molecule has 1 aromatic carbocycles. The van der Waals surface area contributed by atoms with Gasteiger partial charge in [-0.05, 0) is 49.1 Å². The van der Waals surface area contributed by atoms with Crippen LogP contribution in [0.2, 0.25) is 0 Å². The molecule has 5 atom stereocenters. The molecule has 1 aliphatic carbocycles. The Morgan fingerprint density at radius 1 is 1.19 bits per heavy atom. The third kappa shape index (κ3) is 1.38. The lowest BCUT2D eigenvalue weighted by Crippen LogP contribution is -2.52. The molecule has 1 aromatic rings. The van der Waals surface area contributed by atoms with Crippen LogP contribution in [0.25, 0.3) is 0 Å². The molecule has 3 aliphatic heterocycles. The van der Waals surface area contributed by atoms with Crippen molar-refractivity contribution in [3.8, 4) is 11.5 Å². The lowest BCUT2D eigenvalue weighted by atomic mass is 9.63.